The van der Waals surface area contributed by atoms with Crippen molar-refractivity contribution in [3.8, 4) is 5.75 Å². The summed E-state index contributed by atoms with van der Waals surface area (Å²) in [6.45, 7) is 3.99. The van der Waals surface area contributed by atoms with Crippen LogP contribution in [0.2, 0.25) is 0 Å². The molecule has 1 atom stereocenters. The molecule has 0 aromatic heterocycles. The first-order valence-electron chi connectivity index (χ1n) is 14.4. The van der Waals surface area contributed by atoms with Crippen molar-refractivity contribution in [2.24, 2.45) is 0 Å². The molecule has 11 heteroatoms. The number of benzene rings is 4. The van der Waals surface area contributed by atoms with Gasteiger partial charge in [-0.2, -0.15) is 13.2 Å². The molecule has 4 aromatic rings. The number of para-hydroxylation sites is 2. The second-order valence-corrected chi connectivity index (χ2v) is 11.2. The highest BCUT2D eigenvalue weighted by molar-refractivity contribution is 8.00. The summed E-state index contributed by atoms with van der Waals surface area (Å²) in [7, 11) is 0. The standard InChI is InChI=1S/C35H32F3N3O4S/c1-3-31(34(44)40-28-19-10-9-18-27(28)35(36,37)38)46-26-17-12-16-25(22-26)39-33(43)29(41-32(42)23-13-6-5-7-14-23)21-24-15-8-11-20-30(24)45-4-2/h5-22,31H,3-4H2,1-2H3,(H,39,43)(H,40,44)(H,41,42)/b29-21+. The minimum absolute atomic E-state index is 0.0341. The lowest BCUT2D eigenvalue weighted by Crippen LogP contribution is -2.30. The maximum absolute atomic E-state index is 13.6. The lowest BCUT2D eigenvalue weighted by atomic mass is 10.1. The van der Waals surface area contributed by atoms with E-state index in [0.29, 0.717) is 40.5 Å². The number of rotatable bonds is 12. The third kappa shape index (κ3) is 9.24. The fourth-order valence-electron chi connectivity index (χ4n) is 4.37. The molecule has 238 valence electrons. The van der Waals surface area contributed by atoms with Gasteiger partial charge < -0.3 is 20.7 Å². The second-order valence-electron chi connectivity index (χ2n) is 9.88. The maximum Gasteiger partial charge on any atom is 0.418 e. The normalized spacial score (nSPS) is 12.2. The van der Waals surface area contributed by atoms with Crippen molar-refractivity contribution in [3.05, 3.63) is 126 Å². The zero-order valence-corrected chi connectivity index (χ0v) is 25.9. The monoisotopic (exact) mass is 647 g/mol. The third-order valence-corrected chi connectivity index (χ3v) is 7.93. The number of alkyl halides is 3. The van der Waals surface area contributed by atoms with Crippen LogP contribution in [0.3, 0.4) is 0 Å². The zero-order chi connectivity index (χ0) is 33.1. The predicted molar refractivity (Wildman–Crippen MR) is 175 cm³/mol. The molecule has 0 saturated carbocycles. The van der Waals surface area contributed by atoms with E-state index in [0.717, 1.165) is 17.8 Å². The number of halogens is 3. The average molecular weight is 648 g/mol. The Hall–Kier alpha value is -5.03. The van der Waals surface area contributed by atoms with Crippen molar-refractivity contribution in [2.75, 3.05) is 17.2 Å². The fourth-order valence-corrected chi connectivity index (χ4v) is 5.38. The van der Waals surface area contributed by atoms with Crippen LogP contribution in [0.25, 0.3) is 6.08 Å². The highest BCUT2D eigenvalue weighted by atomic mass is 32.2. The van der Waals surface area contributed by atoms with Gasteiger partial charge in [0.05, 0.1) is 23.1 Å². The number of hydrogen-bond acceptors (Lipinski definition) is 5. The Morgan fingerprint density at radius 2 is 1.54 bits per heavy atom. The molecule has 0 saturated heterocycles. The van der Waals surface area contributed by atoms with Gasteiger partial charge in [-0.25, -0.2) is 0 Å². The van der Waals surface area contributed by atoms with Crippen molar-refractivity contribution in [1.29, 1.82) is 0 Å². The van der Waals surface area contributed by atoms with E-state index in [1.807, 2.05) is 6.92 Å². The summed E-state index contributed by atoms with van der Waals surface area (Å²) >= 11 is 1.15. The molecular weight excluding hydrogens is 615 g/mol. The summed E-state index contributed by atoms with van der Waals surface area (Å²) in [5, 5.41) is 7.18. The smallest absolute Gasteiger partial charge is 0.418 e. The van der Waals surface area contributed by atoms with Gasteiger partial charge in [0.2, 0.25) is 5.91 Å². The average Bonchev–Trinajstić information content (AvgIpc) is 3.04. The van der Waals surface area contributed by atoms with Gasteiger partial charge in [-0.1, -0.05) is 61.5 Å². The van der Waals surface area contributed by atoms with Crippen molar-refractivity contribution >= 4 is 46.9 Å². The van der Waals surface area contributed by atoms with Crippen LogP contribution in [0.4, 0.5) is 24.5 Å². The molecule has 46 heavy (non-hydrogen) atoms. The van der Waals surface area contributed by atoms with Crippen LogP contribution in [0.5, 0.6) is 5.75 Å². The van der Waals surface area contributed by atoms with Gasteiger partial charge in [0.15, 0.2) is 0 Å². The molecule has 3 amide bonds. The van der Waals surface area contributed by atoms with Gasteiger partial charge in [-0.15, -0.1) is 11.8 Å². The zero-order valence-electron chi connectivity index (χ0n) is 25.1. The van der Waals surface area contributed by atoms with E-state index < -0.39 is 34.7 Å². The van der Waals surface area contributed by atoms with Crippen molar-refractivity contribution in [1.82, 2.24) is 5.32 Å². The molecule has 0 heterocycles. The van der Waals surface area contributed by atoms with E-state index in [9.17, 15) is 27.6 Å². The minimum atomic E-state index is -4.62. The molecular formula is C35H32F3N3O4S. The summed E-state index contributed by atoms with van der Waals surface area (Å²) in [5.41, 5.74) is 0.0391. The number of anilines is 2. The molecule has 0 radical (unpaired) electrons. The molecule has 7 nitrogen and oxygen atoms in total. The molecule has 0 aliphatic heterocycles. The lowest BCUT2D eigenvalue weighted by Gasteiger charge is -2.18. The van der Waals surface area contributed by atoms with Crippen LogP contribution in [0.15, 0.2) is 114 Å². The molecule has 0 fully saturated rings. The number of carbonyl (C=O) groups excluding carboxylic acids is 3. The first-order valence-corrected chi connectivity index (χ1v) is 15.3. The van der Waals surface area contributed by atoms with Crippen molar-refractivity contribution in [2.45, 2.75) is 36.6 Å². The van der Waals surface area contributed by atoms with Crippen molar-refractivity contribution in [3.63, 3.8) is 0 Å². The molecule has 1 unspecified atom stereocenters. The summed E-state index contributed by atoms with van der Waals surface area (Å²) < 4.78 is 46.0. The maximum atomic E-state index is 13.6. The number of ether oxygens (including phenoxy) is 1. The van der Waals surface area contributed by atoms with E-state index in [1.165, 1.54) is 24.3 Å². The number of amides is 3. The van der Waals surface area contributed by atoms with E-state index in [1.54, 1.807) is 85.8 Å². The SMILES string of the molecule is CCOc1ccccc1/C=C(/NC(=O)c1ccccc1)C(=O)Nc1cccc(SC(CC)C(=O)Nc2ccccc2C(F)(F)F)c1. The first-order chi connectivity index (χ1) is 22.1. The van der Waals surface area contributed by atoms with Crippen LogP contribution >= 0.6 is 11.8 Å². The Balaban J connectivity index is 1.54. The van der Waals surface area contributed by atoms with Gasteiger partial charge in [-0.05, 0) is 68.0 Å². The Morgan fingerprint density at radius 1 is 0.848 bits per heavy atom. The van der Waals surface area contributed by atoms with Gasteiger partial charge in [0.1, 0.15) is 11.4 Å². The van der Waals surface area contributed by atoms with Crippen molar-refractivity contribution < 1.29 is 32.3 Å². The Morgan fingerprint density at radius 3 is 2.26 bits per heavy atom. The Labute approximate surface area is 269 Å². The summed E-state index contributed by atoms with van der Waals surface area (Å²) in [6.07, 6.45) is -2.76. The highest BCUT2D eigenvalue weighted by Gasteiger charge is 2.34. The van der Waals surface area contributed by atoms with Crippen LogP contribution in [-0.4, -0.2) is 29.6 Å². The Bertz CT molecular complexity index is 1710. The molecule has 0 spiro atoms. The van der Waals surface area contributed by atoms with Crippen LogP contribution in [-0.2, 0) is 15.8 Å². The largest absolute Gasteiger partial charge is 0.493 e. The molecule has 0 aliphatic carbocycles. The molecule has 4 rings (SSSR count). The molecule has 3 N–H and O–H groups in total. The van der Waals surface area contributed by atoms with E-state index in [2.05, 4.69) is 16.0 Å². The summed E-state index contributed by atoms with van der Waals surface area (Å²) in [4.78, 5) is 40.2. The van der Waals surface area contributed by atoms with Gasteiger partial charge in [0, 0.05) is 21.7 Å². The molecule has 0 bridgehead atoms. The number of nitrogens with one attached hydrogen (secondary N) is 3. The quantitative estimate of drug-likeness (QED) is 0.107. The van der Waals surface area contributed by atoms with E-state index >= 15 is 0 Å². The van der Waals surface area contributed by atoms with Gasteiger partial charge in [0.25, 0.3) is 11.8 Å². The van der Waals surface area contributed by atoms with Gasteiger partial charge in [-0.3, -0.25) is 14.4 Å². The van der Waals surface area contributed by atoms with E-state index in [-0.39, 0.29) is 11.4 Å². The lowest BCUT2D eigenvalue weighted by molar-refractivity contribution is -0.137. The summed E-state index contributed by atoms with van der Waals surface area (Å²) in [5.74, 6) is -1.14. The number of hydrogen-bond donors (Lipinski definition) is 3. The number of carbonyl (C=O) groups is 3. The third-order valence-electron chi connectivity index (χ3n) is 6.57. The first kappa shape index (κ1) is 33.9. The molecule has 0 aliphatic rings. The Kier molecular flexibility index (Phi) is 11.6. The minimum Gasteiger partial charge on any atom is -0.493 e. The second kappa shape index (κ2) is 15.8. The predicted octanol–water partition coefficient (Wildman–Crippen LogP) is 8.02. The van der Waals surface area contributed by atoms with E-state index in [4.69, 9.17) is 4.74 Å². The van der Waals surface area contributed by atoms with Crippen LogP contribution < -0.4 is 20.7 Å². The van der Waals surface area contributed by atoms with Crippen LogP contribution in [0.1, 0.15) is 41.8 Å². The van der Waals surface area contributed by atoms with Gasteiger partial charge >= 0.3 is 6.18 Å². The number of thioether (sulfide) groups is 1. The fraction of sp³-hybridized carbons (Fsp3) is 0.171. The highest BCUT2D eigenvalue weighted by Crippen LogP contribution is 2.35. The summed E-state index contributed by atoms with van der Waals surface area (Å²) in [6, 6.07) is 27.1. The van der Waals surface area contributed by atoms with Crippen LogP contribution in [0, 0.1) is 0 Å². The molecule has 4 aromatic carbocycles. The topological polar surface area (TPSA) is 96.5 Å².